The first-order valence-electron chi connectivity index (χ1n) is 10.3. The van der Waals surface area contributed by atoms with Crippen LogP contribution in [0, 0.1) is 20.8 Å². The molecule has 0 aromatic heterocycles. The maximum atomic E-state index is 13.5. The SMILES string of the molecule is Cc1cc(C(=O)CC2SC(=Nc3ccccc3C)N(c3ccccc3C)C2=O)ccc1Cl. The third-order valence-electron chi connectivity index (χ3n) is 5.47. The molecule has 0 N–H and O–H groups in total. The molecule has 1 heterocycles. The highest BCUT2D eigenvalue weighted by Gasteiger charge is 2.40. The first-order chi connectivity index (χ1) is 15.3. The average Bonchev–Trinajstić information content (AvgIpc) is 3.06. The first kappa shape index (κ1) is 22.3. The standard InChI is InChI=1S/C26H23ClN2O2S/c1-16-8-4-6-10-21(16)28-26-29(22-11-7-5-9-17(22)2)25(31)24(32-26)15-23(30)19-12-13-20(27)18(3)14-19/h4-14,24H,15H2,1-3H3. The van der Waals surface area contributed by atoms with Gasteiger partial charge in [-0.3, -0.25) is 14.5 Å². The summed E-state index contributed by atoms with van der Waals surface area (Å²) in [6.45, 7) is 5.82. The number of carbonyl (C=O) groups excluding carboxylic acids is 2. The topological polar surface area (TPSA) is 49.7 Å². The van der Waals surface area contributed by atoms with Crippen LogP contribution in [-0.4, -0.2) is 22.1 Å². The molecule has 0 bridgehead atoms. The number of carbonyl (C=O) groups is 2. The molecule has 32 heavy (non-hydrogen) atoms. The van der Waals surface area contributed by atoms with Crippen molar-refractivity contribution >= 4 is 51.6 Å². The van der Waals surface area contributed by atoms with Crippen LogP contribution in [0.4, 0.5) is 11.4 Å². The lowest BCUT2D eigenvalue weighted by Crippen LogP contribution is -2.33. The molecule has 4 rings (SSSR count). The Kier molecular flexibility index (Phi) is 6.49. The lowest BCUT2D eigenvalue weighted by atomic mass is 10.0. The number of aryl methyl sites for hydroxylation is 3. The Labute approximate surface area is 197 Å². The Bertz CT molecular complexity index is 1240. The summed E-state index contributed by atoms with van der Waals surface area (Å²) in [4.78, 5) is 32.9. The molecular formula is C26H23ClN2O2S. The van der Waals surface area contributed by atoms with Gasteiger partial charge in [0.25, 0.3) is 0 Å². The largest absolute Gasteiger partial charge is 0.294 e. The van der Waals surface area contributed by atoms with Crippen LogP contribution < -0.4 is 4.90 Å². The van der Waals surface area contributed by atoms with E-state index in [0.717, 1.165) is 28.1 Å². The number of rotatable bonds is 5. The van der Waals surface area contributed by atoms with E-state index in [4.69, 9.17) is 16.6 Å². The zero-order valence-corrected chi connectivity index (χ0v) is 19.7. The summed E-state index contributed by atoms with van der Waals surface area (Å²) in [5.41, 5.74) is 4.99. The normalized spacial score (nSPS) is 17.2. The molecule has 1 saturated heterocycles. The number of halogens is 1. The molecule has 0 radical (unpaired) electrons. The Hall–Kier alpha value is -2.89. The predicted octanol–water partition coefficient (Wildman–Crippen LogP) is 6.67. The number of para-hydroxylation sites is 2. The van der Waals surface area contributed by atoms with Gasteiger partial charge in [-0.15, -0.1) is 0 Å². The number of amidine groups is 1. The smallest absolute Gasteiger partial charge is 0.247 e. The van der Waals surface area contributed by atoms with Crippen molar-refractivity contribution in [2.75, 3.05) is 4.90 Å². The minimum absolute atomic E-state index is 0.0857. The molecule has 162 valence electrons. The second-order valence-corrected chi connectivity index (χ2v) is 9.42. The second-order valence-electron chi connectivity index (χ2n) is 7.84. The fourth-order valence-corrected chi connectivity index (χ4v) is 4.86. The number of aliphatic imine (C=N–C) groups is 1. The van der Waals surface area contributed by atoms with Crippen molar-refractivity contribution in [3.63, 3.8) is 0 Å². The molecule has 6 heteroatoms. The van der Waals surface area contributed by atoms with E-state index >= 15 is 0 Å². The van der Waals surface area contributed by atoms with Crippen molar-refractivity contribution in [2.24, 2.45) is 4.99 Å². The lowest BCUT2D eigenvalue weighted by Gasteiger charge is -2.19. The first-order valence-corrected chi connectivity index (χ1v) is 11.6. The van der Waals surface area contributed by atoms with Crippen LogP contribution in [-0.2, 0) is 4.79 Å². The number of thioether (sulfide) groups is 1. The van der Waals surface area contributed by atoms with E-state index in [-0.39, 0.29) is 18.1 Å². The van der Waals surface area contributed by atoms with Crippen molar-refractivity contribution in [1.29, 1.82) is 0 Å². The Morgan fingerprint density at radius 3 is 2.34 bits per heavy atom. The van der Waals surface area contributed by atoms with Gasteiger partial charge >= 0.3 is 0 Å². The summed E-state index contributed by atoms with van der Waals surface area (Å²) < 4.78 is 0. The van der Waals surface area contributed by atoms with Crippen LogP contribution in [0.5, 0.6) is 0 Å². The molecule has 0 saturated carbocycles. The molecular weight excluding hydrogens is 440 g/mol. The number of Topliss-reactive ketones (excluding diaryl/α,β-unsaturated/α-hetero) is 1. The van der Waals surface area contributed by atoms with Crippen LogP contribution in [0.2, 0.25) is 5.02 Å². The minimum atomic E-state index is -0.541. The van der Waals surface area contributed by atoms with Gasteiger partial charge < -0.3 is 0 Å². The summed E-state index contributed by atoms with van der Waals surface area (Å²) in [5.74, 6) is -0.215. The zero-order valence-electron chi connectivity index (χ0n) is 18.1. The van der Waals surface area contributed by atoms with Crippen LogP contribution >= 0.6 is 23.4 Å². The monoisotopic (exact) mass is 462 g/mol. The molecule has 0 spiro atoms. The highest BCUT2D eigenvalue weighted by molar-refractivity contribution is 8.16. The lowest BCUT2D eigenvalue weighted by molar-refractivity contribution is -0.116. The number of anilines is 1. The van der Waals surface area contributed by atoms with Gasteiger partial charge in [0.15, 0.2) is 11.0 Å². The van der Waals surface area contributed by atoms with E-state index in [1.54, 1.807) is 23.1 Å². The van der Waals surface area contributed by atoms with Gasteiger partial charge in [0.05, 0.1) is 16.6 Å². The van der Waals surface area contributed by atoms with Crippen molar-refractivity contribution in [3.05, 3.63) is 94.0 Å². The summed E-state index contributed by atoms with van der Waals surface area (Å²) >= 11 is 7.44. The zero-order chi connectivity index (χ0) is 22.8. The molecule has 3 aromatic carbocycles. The summed E-state index contributed by atoms with van der Waals surface area (Å²) in [6.07, 6.45) is 0.0970. The fourth-order valence-electron chi connectivity index (χ4n) is 3.61. The van der Waals surface area contributed by atoms with E-state index < -0.39 is 5.25 Å². The summed E-state index contributed by atoms with van der Waals surface area (Å²) in [7, 11) is 0. The van der Waals surface area contributed by atoms with E-state index in [1.807, 2.05) is 69.3 Å². The predicted molar refractivity (Wildman–Crippen MR) is 133 cm³/mol. The van der Waals surface area contributed by atoms with Gasteiger partial charge in [-0.05, 0) is 67.8 Å². The van der Waals surface area contributed by atoms with Gasteiger partial charge in [-0.1, -0.05) is 59.8 Å². The van der Waals surface area contributed by atoms with Crippen molar-refractivity contribution in [1.82, 2.24) is 0 Å². The average molecular weight is 463 g/mol. The summed E-state index contributed by atoms with van der Waals surface area (Å²) in [5, 5.41) is 0.663. The number of hydrogen-bond donors (Lipinski definition) is 0. The van der Waals surface area contributed by atoms with Crippen LogP contribution in [0.15, 0.2) is 71.7 Å². The Morgan fingerprint density at radius 1 is 0.969 bits per heavy atom. The molecule has 1 unspecified atom stereocenters. The molecule has 1 atom stereocenters. The van der Waals surface area contributed by atoms with E-state index in [0.29, 0.717) is 15.8 Å². The van der Waals surface area contributed by atoms with E-state index in [9.17, 15) is 9.59 Å². The van der Waals surface area contributed by atoms with Gasteiger partial charge in [0.1, 0.15) is 0 Å². The molecule has 3 aromatic rings. The molecule has 1 aliphatic heterocycles. The van der Waals surface area contributed by atoms with Crippen molar-refractivity contribution in [2.45, 2.75) is 32.4 Å². The quantitative estimate of drug-likeness (QED) is 0.397. The van der Waals surface area contributed by atoms with Gasteiger partial charge in [-0.25, -0.2) is 4.99 Å². The van der Waals surface area contributed by atoms with Crippen molar-refractivity contribution in [3.8, 4) is 0 Å². The van der Waals surface area contributed by atoms with Crippen LogP contribution in [0.3, 0.4) is 0 Å². The number of ketones is 1. The van der Waals surface area contributed by atoms with Crippen LogP contribution in [0.1, 0.15) is 33.5 Å². The van der Waals surface area contributed by atoms with E-state index in [1.165, 1.54) is 11.8 Å². The maximum absolute atomic E-state index is 13.5. The van der Waals surface area contributed by atoms with E-state index in [2.05, 4.69) is 0 Å². The van der Waals surface area contributed by atoms with Gasteiger partial charge in [-0.2, -0.15) is 0 Å². The number of amides is 1. The third-order valence-corrected chi connectivity index (χ3v) is 7.03. The van der Waals surface area contributed by atoms with Crippen LogP contribution in [0.25, 0.3) is 0 Å². The minimum Gasteiger partial charge on any atom is -0.294 e. The molecule has 1 aliphatic rings. The highest BCUT2D eigenvalue weighted by atomic mass is 35.5. The molecule has 1 fully saturated rings. The Morgan fingerprint density at radius 2 is 1.66 bits per heavy atom. The maximum Gasteiger partial charge on any atom is 0.247 e. The molecule has 0 aliphatic carbocycles. The number of benzene rings is 3. The number of hydrogen-bond acceptors (Lipinski definition) is 4. The Balaban J connectivity index is 1.69. The van der Waals surface area contributed by atoms with Gasteiger partial charge in [0.2, 0.25) is 5.91 Å². The summed E-state index contributed by atoms with van der Waals surface area (Å²) in [6, 6.07) is 20.7. The van der Waals surface area contributed by atoms with Gasteiger partial charge in [0, 0.05) is 17.0 Å². The molecule has 1 amide bonds. The number of nitrogens with zero attached hydrogens (tertiary/aromatic N) is 2. The highest BCUT2D eigenvalue weighted by Crippen LogP contribution is 2.37. The fraction of sp³-hybridized carbons (Fsp3) is 0.192. The third kappa shape index (κ3) is 4.50. The second kappa shape index (κ2) is 9.31. The van der Waals surface area contributed by atoms with Crippen molar-refractivity contribution < 1.29 is 9.59 Å². The molecule has 4 nitrogen and oxygen atoms in total.